The molecule has 2 aromatic rings. The predicted octanol–water partition coefficient (Wildman–Crippen LogP) is 3.26. The van der Waals surface area contributed by atoms with Crippen LogP contribution in [-0.2, 0) is 22.6 Å². The maximum atomic E-state index is 13.2. The molecule has 2 saturated heterocycles. The van der Waals surface area contributed by atoms with Gasteiger partial charge in [0, 0.05) is 45.7 Å². The molecule has 31 heavy (non-hydrogen) atoms. The van der Waals surface area contributed by atoms with Crippen LogP contribution in [0.5, 0.6) is 0 Å². The summed E-state index contributed by atoms with van der Waals surface area (Å²) in [6.07, 6.45) is 3.11. The van der Waals surface area contributed by atoms with E-state index >= 15 is 0 Å². The van der Waals surface area contributed by atoms with Crippen molar-refractivity contribution in [3.05, 3.63) is 71.3 Å². The van der Waals surface area contributed by atoms with Gasteiger partial charge < -0.3 is 9.80 Å². The van der Waals surface area contributed by atoms with Crippen molar-refractivity contribution >= 4 is 11.8 Å². The molecule has 0 aliphatic carbocycles. The van der Waals surface area contributed by atoms with Crippen molar-refractivity contribution in [3.8, 4) is 0 Å². The molecule has 0 spiro atoms. The Kier molecular flexibility index (Phi) is 7.03. The van der Waals surface area contributed by atoms with E-state index in [4.69, 9.17) is 0 Å². The molecular formula is C26H33N3O2. The Morgan fingerprint density at radius 2 is 1.71 bits per heavy atom. The van der Waals surface area contributed by atoms with Gasteiger partial charge in [-0.05, 0) is 37.3 Å². The number of fused-ring (bicyclic) bond motifs is 1. The Hall–Kier alpha value is -2.66. The number of benzene rings is 2. The van der Waals surface area contributed by atoms with Crippen LogP contribution >= 0.6 is 0 Å². The van der Waals surface area contributed by atoms with Gasteiger partial charge in [0.25, 0.3) is 0 Å². The van der Waals surface area contributed by atoms with Crippen LogP contribution < -0.4 is 0 Å². The number of carbonyl (C=O) groups excluding carboxylic acids is 2. The van der Waals surface area contributed by atoms with Crippen LogP contribution in [0.1, 0.15) is 36.0 Å². The summed E-state index contributed by atoms with van der Waals surface area (Å²) < 4.78 is 0. The Morgan fingerprint density at radius 3 is 2.52 bits per heavy atom. The van der Waals surface area contributed by atoms with Crippen molar-refractivity contribution in [1.29, 1.82) is 0 Å². The van der Waals surface area contributed by atoms with Crippen LogP contribution in [-0.4, -0.2) is 65.3 Å². The minimum absolute atomic E-state index is 0.0966. The molecule has 0 aromatic heterocycles. The smallest absolute Gasteiger partial charge is 0.240 e. The van der Waals surface area contributed by atoms with Crippen molar-refractivity contribution in [2.45, 2.75) is 45.2 Å². The highest BCUT2D eigenvalue weighted by Gasteiger charge is 2.36. The lowest BCUT2D eigenvalue weighted by molar-refractivity contribution is -0.142. The molecule has 0 N–H and O–H groups in total. The number of amides is 2. The van der Waals surface area contributed by atoms with Gasteiger partial charge in [0.2, 0.25) is 11.8 Å². The Labute approximate surface area is 185 Å². The molecule has 0 saturated carbocycles. The third-order valence-electron chi connectivity index (χ3n) is 6.53. The number of hydrogen-bond donors (Lipinski definition) is 0. The molecule has 4 rings (SSSR count). The van der Waals surface area contributed by atoms with Gasteiger partial charge in [-0.15, -0.1) is 0 Å². The van der Waals surface area contributed by atoms with Gasteiger partial charge in [0.15, 0.2) is 0 Å². The summed E-state index contributed by atoms with van der Waals surface area (Å²) >= 11 is 0. The summed E-state index contributed by atoms with van der Waals surface area (Å²) in [7, 11) is 0. The highest BCUT2D eigenvalue weighted by molar-refractivity contribution is 5.83. The van der Waals surface area contributed by atoms with E-state index in [1.165, 1.54) is 16.7 Å². The molecule has 1 unspecified atom stereocenters. The first-order valence-electron chi connectivity index (χ1n) is 11.5. The van der Waals surface area contributed by atoms with E-state index in [0.717, 1.165) is 45.4 Å². The second-order valence-corrected chi connectivity index (χ2v) is 8.81. The fourth-order valence-electron chi connectivity index (χ4n) is 4.78. The van der Waals surface area contributed by atoms with E-state index in [-0.39, 0.29) is 17.9 Å². The SMILES string of the molecule is Cc1cccc(CN2CCN3CCN(C(=O)CCCc4ccccc4)CCC3C2=O)c1. The molecule has 5 nitrogen and oxygen atoms in total. The van der Waals surface area contributed by atoms with Crippen molar-refractivity contribution in [1.82, 2.24) is 14.7 Å². The normalized spacial score (nSPS) is 19.8. The quantitative estimate of drug-likeness (QED) is 0.722. The first-order chi connectivity index (χ1) is 15.1. The molecular weight excluding hydrogens is 386 g/mol. The second kappa shape index (κ2) is 10.1. The zero-order valence-corrected chi connectivity index (χ0v) is 18.5. The lowest BCUT2D eigenvalue weighted by atomic mass is 10.1. The molecule has 5 heteroatoms. The highest BCUT2D eigenvalue weighted by Crippen LogP contribution is 2.21. The summed E-state index contributed by atoms with van der Waals surface area (Å²) in [6, 6.07) is 18.6. The van der Waals surface area contributed by atoms with E-state index in [1.54, 1.807) is 0 Å². The topological polar surface area (TPSA) is 43.9 Å². The molecule has 1 atom stereocenters. The standard InChI is InChI=1S/C26H33N3O2/c1-21-7-5-11-23(19-21)20-29-18-16-27-15-17-28(14-13-24(27)26(29)31)25(30)12-6-10-22-8-3-2-4-9-22/h2-5,7-9,11,19,24H,6,10,12-18,20H2,1H3. The lowest BCUT2D eigenvalue weighted by Gasteiger charge is -2.39. The monoisotopic (exact) mass is 419 g/mol. The van der Waals surface area contributed by atoms with E-state index in [2.05, 4.69) is 48.2 Å². The summed E-state index contributed by atoms with van der Waals surface area (Å²) in [4.78, 5) is 32.2. The molecule has 2 amide bonds. The third kappa shape index (κ3) is 5.53. The number of nitrogens with zero attached hydrogens (tertiary/aromatic N) is 3. The van der Waals surface area contributed by atoms with E-state index < -0.39 is 0 Å². The van der Waals surface area contributed by atoms with Crippen molar-refractivity contribution < 1.29 is 9.59 Å². The molecule has 2 heterocycles. The molecule has 2 aromatic carbocycles. The van der Waals surface area contributed by atoms with E-state index in [0.29, 0.717) is 19.5 Å². The van der Waals surface area contributed by atoms with Crippen LogP contribution in [0.4, 0.5) is 0 Å². The molecule has 2 aliphatic heterocycles. The van der Waals surface area contributed by atoms with Crippen LogP contribution in [0.2, 0.25) is 0 Å². The van der Waals surface area contributed by atoms with Gasteiger partial charge in [-0.1, -0.05) is 60.2 Å². The van der Waals surface area contributed by atoms with Crippen molar-refractivity contribution in [2.75, 3.05) is 32.7 Å². The average Bonchev–Trinajstić information content (AvgIpc) is 3.00. The van der Waals surface area contributed by atoms with Gasteiger partial charge in [-0.3, -0.25) is 14.5 Å². The fourth-order valence-corrected chi connectivity index (χ4v) is 4.78. The van der Waals surface area contributed by atoms with Gasteiger partial charge in [-0.25, -0.2) is 0 Å². The Balaban J connectivity index is 1.29. The number of piperazine rings is 1. The number of hydrogen-bond acceptors (Lipinski definition) is 3. The molecule has 0 radical (unpaired) electrons. The first-order valence-corrected chi connectivity index (χ1v) is 11.5. The van der Waals surface area contributed by atoms with Gasteiger partial charge in [-0.2, -0.15) is 0 Å². The Bertz CT molecular complexity index is 899. The van der Waals surface area contributed by atoms with E-state index in [1.807, 2.05) is 28.0 Å². The number of rotatable bonds is 6. The second-order valence-electron chi connectivity index (χ2n) is 8.81. The first kappa shape index (κ1) is 21.6. The zero-order valence-electron chi connectivity index (χ0n) is 18.5. The van der Waals surface area contributed by atoms with Gasteiger partial charge in [0.1, 0.15) is 0 Å². The predicted molar refractivity (Wildman–Crippen MR) is 123 cm³/mol. The van der Waals surface area contributed by atoms with Gasteiger partial charge in [0.05, 0.1) is 6.04 Å². The Morgan fingerprint density at radius 1 is 0.935 bits per heavy atom. The molecule has 164 valence electrons. The van der Waals surface area contributed by atoms with Crippen molar-refractivity contribution in [3.63, 3.8) is 0 Å². The largest absolute Gasteiger partial charge is 0.341 e. The van der Waals surface area contributed by atoms with Crippen LogP contribution in [0.15, 0.2) is 54.6 Å². The lowest BCUT2D eigenvalue weighted by Crippen LogP contribution is -2.56. The molecule has 2 fully saturated rings. The summed E-state index contributed by atoms with van der Waals surface area (Å²) in [5.74, 6) is 0.436. The van der Waals surface area contributed by atoms with Gasteiger partial charge >= 0.3 is 0 Å². The summed E-state index contributed by atoms with van der Waals surface area (Å²) in [6.45, 7) is 6.60. The maximum absolute atomic E-state index is 13.2. The van der Waals surface area contributed by atoms with Crippen LogP contribution in [0.25, 0.3) is 0 Å². The molecule has 0 bridgehead atoms. The summed E-state index contributed by atoms with van der Waals surface area (Å²) in [5, 5.41) is 0. The average molecular weight is 420 g/mol. The molecule has 2 aliphatic rings. The fraction of sp³-hybridized carbons (Fsp3) is 0.462. The van der Waals surface area contributed by atoms with Crippen LogP contribution in [0.3, 0.4) is 0 Å². The maximum Gasteiger partial charge on any atom is 0.240 e. The third-order valence-corrected chi connectivity index (χ3v) is 6.53. The highest BCUT2D eigenvalue weighted by atomic mass is 16.2. The zero-order chi connectivity index (χ0) is 21.6. The van der Waals surface area contributed by atoms with E-state index in [9.17, 15) is 9.59 Å². The number of carbonyl (C=O) groups is 2. The minimum Gasteiger partial charge on any atom is -0.341 e. The summed E-state index contributed by atoms with van der Waals surface area (Å²) in [5.41, 5.74) is 3.69. The van der Waals surface area contributed by atoms with Crippen LogP contribution in [0, 0.1) is 6.92 Å². The van der Waals surface area contributed by atoms with Crippen molar-refractivity contribution in [2.24, 2.45) is 0 Å². The minimum atomic E-state index is -0.0966. The number of aryl methyl sites for hydroxylation is 2.